The van der Waals surface area contributed by atoms with Gasteiger partial charge in [0.25, 0.3) is 0 Å². The molecule has 0 spiro atoms. The SMILES string of the molecule is CN=C(NCC1CCCN1C)N1CCC(NC(=O)OC(C)(C)C)C1. The number of nitrogens with zero attached hydrogens (tertiary/aromatic N) is 3. The minimum Gasteiger partial charge on any atom is -0.444 e. The Labute approximate surface area is 145 Å². The highest BCUT2D eigenvalue weighted by molar-refractivity contribution is 5.80. The zero-order valence-corrected chi connectivity index (χ0v) is 15.8. The summed E-state index contributed by atoms with van der Waals surface area (Å²) in [5, 5.41) is 6.44. The zero-order valence-electron chi connectivity index (χ0n) is 15.8. The van der Waals surface area contributed by atoms with Crippen LogP contribution in [-0.4, -0.2) is 79.8 Å². The van der Waals surface area contributed by atoms with E-state index in [1.54, 1.807) is 0 Å². The third-order valence-electron chi connectivity index (χ3n) is 4.59. The maximum Gasteiger partial charge on any atom is 0.407 e. The molecule has 2 N–H and O–H groups in total. The number of nitrogens with one attached hydrogen (secondary N) is 2. The lowest BCUT2D eigenvalue weighted by molar-refractivity contribution is 0.0507. The second kappa shape index (κ2) is 8.05. The van der Waals surface area contributed by atoms with Crippen LogP contribution in [0.1, 0.15) is 40.0 Å². The summed E-state index contributed by atoms with van der Waals surface area (Å²) >= 11 is 0. The maximum atomic E-state index is 11.9. The number of likely N-dealkylation sites (tertiary alicyclic amines) is 2. The van der Waals surface area contributed by atoms with E-state index in [-0.39, 0.29) is 12.1 Å². The number of ether oxygens (including phenoxy) is 1. The van der Waals surface area contributed by atoms with E-state index in [1.165, 1.54) is 19.4 Å². The van der Waals surface area contributed by atoms with Crippen LogP contribution in [-0.2, 0) is 4.74 Å². The molecule has 0 saturated carbocycles. The van der Waals surface area contributed by atoms with E-state index in [2.05, 4.69) is 32.5 Å². The summed E-state index contributed by atoms with van der Waals surface area (Å²) in [5.41, 5.74) is -0.465. The Morgan fingerprint density at radius 3 is 2.62 bits per heavy atom. The first-order chi connectivity index (χ1) is 11.3. The minimum atomic E-state index is -0.465. The average molecular weight is 339 g/mol. The Balaban J connectivity index is 1.77. The van der Waals surface area contributed by atoms with Crippen molar-refractivity contribution >= 4 is 12.1 Å². The lowest BCUT2D eigenvalue weighted by Gasteiger charge is -2.26. The summed E-state index contributed by atoms with van der Waals surface area (Å²) in [7, 11) is 3.99. The Morgan fingerprint density at radius 2 is 2.04 bits per heavy atom. The molecule has 2 heterocycles. The van der Waals surface area contributed by atoms with Crippen molar-refractivity contribution in [3.63, 3.8) is 0 Å². The van der Waals surface area contributed by atoms with Crippen LogP contribution >= 0.6 is 0 Å². The molecule has 7 nitrogen and oxygen atoms in total. The fourth-order valence-corrected chi connectivity index (χ4v) is 3.32. The second-order valence-corrected chi connectivity index (χ2v) is 7.78. The molecule has 2 saturated heterocycles. The summed E-state index contributed by atoms with van der Waals surface area (Å²) < 4.78 is 5.33. The van der Waals surface area contributed by atoms with Gasteiger partial charge in [-0.1, -0.05) is 0 Å². The van der Waals surface area contributed by atoms with E-state index in [4.69, 9.17) is 4.74 Å². The lowest BCUT2D eigenvalue weighted by atomic mass is 10.2. The highest BCUT2D eigenvalue weighted by atomic mass is 16.6. The molecule has 1 amide bonds. The average Bonchev–Trinajstić information content (AvgIpc) is 3.07. The minimum absolute atomic E-state index is 0.104. The van der Waals surface area contributed by atoms with Crippen molar-refractivity contribution < 1.29 is 9.53 Å². The maximum absolute atomic E-state index is 11.9. The molecule has 2 atom stereocenters. The molecule has 2 aliphatic heterocycles. The van der Waals surface area contributed by atoms with E-state index in [0.29, 0.717) is 6.04 Å². The third kappa shape index (κ3) is 5.54. The van der Waals surface area contributed by atoms with Crippen molar-refractivity contribution in [2.45, 2.75) is 57.7 Å². The molecule has 138 valence electrons. The van der Waals surface area contributed by atoms with Crippen molar-refractivity contribution in [1.29, 1.82) is 0 Å². The van der Waals surface area contributed by atoms with Crippen LogP contribution in [0.3, 0.4) is 0 Å². The standard InChI is InChI=1S/C17H33N5O2/c1-17(2,3)24-16(23)20-13-8-10-22(12-13)15(18-4)19-11-14-7-6-9-21(14)5/h13-14H,6-12H2,1-5H3,(H,18,19)(H,20,23). The number of amides is 1. The monoisotopic (exact) mass is 339 g/mol. The smallest absolute Gasteiger partial charge is 0.407 e. The topological polar surface area (TPSA) is 69.2 Å². The van der Waals surface area contributed by atoms with Crippen molar-refractivity contribution in [2.75, 3.05) is 40.3 Å². The van der Waals surface area contributed by atoms with Gasteiger partial charge in [-0.2, -0.15) is 0 Å². The van der Waals surface area contributed by atoms with Gasteiger partial charge in [-0.3, -0.25) is 4.99 Å². The van der Waals surface area contributed by atoms with Gasteiger partial charge in [-0.15, -0.1) is 0 Å². The van der Waals surface area contributed by atoms with Crippen LogP contribution < -0.4 is 10.6 Å². The number of alkyl carbamates (subject to hydrolysis) is 1. The number of rotatable bonds is 3. The summed E-state index contributed by atoms with van der Waals surface area (Å²) in [4.78, 5) is 20.9. The van der Waals surface area contributed by atoms with Gasteiger partial charge >= 0.3 is 6.09 Å². The summed E-state index contributed by atoms with van der Waals surface area (Å²) in [6.45, 7) is 9.37. The van der Waals surface area contributed by atoms with Crippen LogP contribution in [0, 0.1) is 0 Å². The largest absolute Gasteiger partial charge is 0.444 e. The molecule has 2 rings (SSSR count). The van der Waals surface area contributed by atoms with E-state index in [9.17, 15) is 4.79 Å². The number of hydrogen-bond donors (Lipinski definition) is 2. The second-order valence-electron chi connectivity index (χ2n) is 7.78. The summed E-state index contributed by atoms with van der Waals surface area (Å²) in [5.74, 6) is 0.920. The quantitative estimate of drug-likeness (QED) is 0.598. The number of likely N-dealkylation sites (N-methyl/N-ethyl adjacent to an activating group) is 1. The first-order valence-corrected chi connectivity index (χ1v) is 8.94. The molecule has 0 aromatic rings. The van der Waals surface area contributed by atoms with Gasteiger partial charge < -0.3 is 25.2 Å². The molecular formula is C17H33N5O2. The molecule has 0 bridgehead atoms. The molecule has 7 heteroatoms. The van der Waals surface area contributed by atoms with Gasteiger partial charge in [-0.25, -0.2) is 4.79 Å². The van der Waals surface area contributed by atoms with Crippen LogP contribution in [0.5, 0.6) is 0 Å². The Hall–Kier alpha value is -1.50. The van der Waals surface area contributed by atoms with Crippen LogP contribution in [0.15, 0.2) is 4.99 Å². The van der Waals surface area contributed by atoms with Gasteiger partial charge in [0, 0.05) is 32.7 Å². The molecule has 2 fully saturated rings. The highest BCUT2D eigenvalue weighted by Gasteiger charge is 2.28. The number of carbonyl (C=O) groups is 1. The van der Waals surface area contributed by atoms with Crippen LogP contribution in [0.4, 0.5) is 4.79 Å². The first kappa shape index (κ1) is 18.8. The predicted octanol–water partition coefficient (Wildman–Crippen LogP) is 1.26. The number of guanidine groups is 1. The van der Waals surface area contributed by atoms with Crippen molar-refractivity contribution in [3.05, 3.63) is 0 Å². The molecule has 2 aliphatic rings. The Morgan fingerprint density at radius 1 is 1.29 bits per heavy atom. The van der Waals surface area contributed by atoms with Crippen molar-refractivity contribution in [3.8, 4) is 0 Å². The van der Waals surface area contributed by atoms with Gasteiger partial charge in [0.15, 0.2) is 5.96 Å². The predicted molar refractivity (Wildman–Crippen MR) is 96.4 cm³/mol. The Bertz CT molecular complexity index is 460. The fourth-order valence-electron chi connectivity index (χ4n) is 3.32. The van der Waals surface area contributed by atoms with Crippen LogP contribution in [0.2, 0.25) is 0 Å². The molecule has 0 radical (unpaired) electrons. The molecular weight excluding hydrogens is 306 g/mol. The first-order valence-electron chi connectivity index (χ1n) is 8.94. The zero-order chi connectivity index (χ0) is 17.7. The van der Waals surface area contributed by atoms with Crippen molar-refractivity contribution in [1.82, 2.24) is 20.4 Å². The number of hydrogen-bond acceptors (Lipinski definition) is 4. The van der Waals surface area contributed by atoms with Gasteiger partial charge in [0.1, 0.15) is 5.60 Å². The van der Waals surface area contributed by atoms with E-state index in [0.717, 1.165) is 32.0 Å². The highest BCUT2D eigenvalue weighted by Crippen LogP contribution is 2.15. The summed E-state index contributed by atoms with van der Waals surface area (Å²) in [6, 6.07) is 0.688. The number of aliphatic imine (C=N–C) groups is 1. The lowest BCUT2D eigenvalue weighted by Crippen LogP contribution is -2.47. The normalized spacial score (nSPS) is 25.9. The van der Waals surface area contributed by atoms with E-state index < -0.39 is 5.60 Å². The Kier molecular flexibility index (Phi) is 6.32. The van der Waals surface area contributed by atoms with Crippen molar-refractivity contribution in [2.24, 2.45) is 4.99 Å². The molecule has 2 unspecified atom stereocenters. The molecule has 24 heavy (non-hydrogen) atoms. The van der Waals surface area contributed by atoms with E-state index in [1.807, 2.05) is 27.8 Å². The van der Waals surface area contributed by atoms with E-state index >= 15 is 0 Å². The van der Waals surface area contributed by atoms with Gasteiger partial charge in [0.05, 0.1) is 6.04 Å². The summed E-state index contributed by atoms with van der Waals surface area (Å²) in [6.07, 6.45) is 3.07. The van der Waals surface area contributed by atoms with Crippen LogP contribution in [0.25, 0.3) is 0 Å². The number of carbonyl (C=O) groups excluding carboxylic acids is 1. The molecule has 0 aromatic heterocycles. The van der Waals surface area contributed by atoms with Gasteiger partial charge in [-0.05, 0) is 53.6 Å². The molecule has 0 aromatic carbocycles. The molecule has 0 aliphatic carbocycles. The fraction of sp³-hybridized carbons (Fsp3) is 0.882. The third-order valence-corrected chi connectivity index (χ3v) is 4.59. The van der Waals surface area contributed by atoms with Gasteiger partial charge in [0.2, 0.25) is 0 Å².